The van der Waals surface area contributed by atoms with Crippen molar-refractivity contribution < 1.29 is 8.78 Å². The van der Waals surface area contributed by atoms with Gasteiger partial charge in [0.15, 0.2) is 0 Å². The lowest BCUT2D eigenvalue weighted by Gasteiger charge is -2.05. The van der Waals surface area contributed by atoms with Gasteiger partial charge in [-0.3, -0.25) is 0 Å². The normalized spacial score (nSPS) is 13.1. The molecule has 0 N–H and O–H groups in total. The molecule has 1 rings (SSSR count). The van der Waals surface area contributed by atoms with Crippen LogP contribution in [0.15, 0.2) is 36.2 Å². The van der Waals surface area contributed by atoms with Crippen LogP contribution in [0, 0.1) is 10.5 Å². The molecule has 1 aromatic rings. The Kier molecular flexibility index (Phi) is 5.12. The molecule has 0 saturated heterocycles. The topological polar surface area (TPSA) is 0 Å². The third kappa shape index (κ3) is 3.70. The average Bonchev–Trinajstić information content (AvgIpc) is 2.21. The Labute approximate surface area is 108 Å². The largest absolute Gasteiger partial charge is 0.247 e. The first-order chi connectivity index (χ1) is 7.54. The number of aryl methyl sites for hydroxylation is 1. The zero-order valence-electron chi connectivity index (χ0n) is 9.23. The molecule has 0 aliphatic heterocycles. The average molecular weight is 334 g/mol. The van der Waals surface area contributed by atoms with Crippen molar-refractivity contribution in [3.8, 4) is 0 Å². The van der Waals surface area contributed by atoms with Crippen molar-refractivity contribution in [1.29, 1.82) is 0 Å². The summed E-state index contributed by atoms with van der Waals surface area (Å²) >= 11 is 2.21. The molecule has 1 aromatic carbocycles. The Bertz CT molecular complexity index is 430. The third-order valence-corrected chi connectivity index (χ3v) is 3.32. The van der Waals surface area contributed by atoms with Gasteiger partial charge in [0.1, 0.15) is 6.67 Å². The molecule has 0 saturated carbocycles. The van der Waals surface area contributed by atoms with Crippen LogP contribution in [0.25, 0.3) is 5.57 Å². The van der Waals surface area contributed by atoms with E-state index in [1.165, 1.54) is 19.1 Å². The molecule has 0 nitrogen and oxygen atoms in total. The van der Waals surface area contributed by atoms with E-state index in [-0.39, 0.29) is 5.83 Å². The van der Waals surface area contributed by atoms with E-state index in [0.29, 0.717) is 5.57 Å². The van der Waals surface area contributed by atoms with E-state index in [1.807, 2.05) is 25.1 Å². The lowest BCUT2D eigenvalue weighted by molar-refractivity contribution is 0.562. The van der Waals surface area contributed by atoms with E-state index < -0.39 is 6.67 Å². The first-order valence-electron chi connectivity index (χ1n) is 4.91. The number of benzene rings is 1. The molecular weight excluding hydrogens is 321 g/mol. The first kappa shape index (κ1) is 13.4. The van der Waals surface area contributed by atoms with E-state index in [4.69, 9.17) is 0 Å². The van der Waals surface area contributed by atoms with E-state index >= 15 is 0 Å². The maximum absolute atomic E-state index is 12.8. The molecule has 86 valence electrons. The molecule has 0 fully saturated rings. The molecule has 0 unspecified atom stereocenters. The molecule has 0 heterocycles. The second kappa shape index (κ2) is 6.13. The second-order valence-corrected chi connectivity index (χ2v) is 4.67. The summed E-state index contributed by atoms with van der Waals surface area (Å²) in [4.78, 5) is 0. The fraction of sp³-hybridized carbons (Fsp3) is 0.231. The van der Waals surface area contributed by atoms with Crippen LogP contribution in [-0.4, -0.2) is 6.67 Å². The van der Waals surface area contributed by atoms with Crippen LogP contribution in [0.2, 0.25) is 0 Å². The number of hydrogen-bond donors (Lipinski definition) is 0. The standard InChI is InChI=1S/C13H13F2I/c1-9-3-4-11(8-13(9)16)12(5-6-14)7-10(2)15/h3-5,7-8H,6H2,1-2H3/b10-7+,12-5+. The Morgan fingerprint density at radius 2 is 2.12 bits per heavy atom. The molecule has 0 radical (unpaired) electrons. The molecule has 0 aliphatic carbocycles. The zero-order chi connectivity index (χ0) is 12.1. The highest BCUT2D eigenvalue weighted by Gasteiger charge is 2.02. The van der Waals surface area contributed by atoms with Crippen molar-refractivity contribution in [3.63, 3.8) is 0 Å². The van der Waals surface area contributed by atoms with Gasteiger partial charge in [-0.2, -0.15) is 0 Å². The fourth-order valence-corrected chi connectivity index (χ4v) is 1.85. The minimum atomic E-state index is -0.594. The lowest BCUT2D eigenvalue weighted by atomic mass is 10.0. The maximum atomic E-state index is 12.8. The summed E-state index contributed by atoms with van der Waals surface area (Å²) in [6, 6.07) is 5.75. The van der Waals surface area contributed by atoms with Gasteiger partial charge in [0.05, 0.1) is 5.83 Å². The van der Waals surface area contributed by atoms with Crippen LogP contribution >= 0.6 is 22.6 Å². The van der Waals surface area contributed by atoms with Gasteiger partial charge in [0, 0.05) is 3.57 Å². The number of hydrogen-bond acceptors (Lipinski definition) is 0. The molecule has 0 atom stereocenters. The first-order valence-corrected chi connectivity index (χ1v) is 5.99. The molecule has 0 spiro atoms. The van der Waals surface area contributed by atoms with Crippen LogP contribution in [0.1, 0.15) is 18.1 Å². The predicted octanol–water partition coefficient (Wildman–Crippen LogP) is 4.83. The van der Waals surface area contributed by atoms with Crippen LogP contribution in [0.4, 0.5) is 8.78 Å². The van der Waals surface area contributed by atoms with Crippen LogP contribution < -0.4 is 0 Å². The van der Waals surface area contributed by atoms with Crippen molar-refractivity contribution in [1.82, 2.24) is 0 Å². The summed E-state index contributed by atoms with van der Waals surface area (Å²) in [5.41, 5.74) is 2.58. The Balaban J connectivity index is 3.17. The van der Waals surface area contributed by atoms with Crippen LogP contribution in [0.5, 0.6) is 0 Å². The summed E-state index contributed by atoms with van der Waals surface area (Å²) in [5.74, 6) is -0.324. The smallest absolute Gasteiger partial charge is 0.108 e. The summed E-state index contributed by atoms with van der Waals surface area (Å²) in [6.07, 6.45) is 2.73. The monoisotopic (exact) mass is 334 g/mol. The number of alkyl halides is 1. The Morgan fingerprint density at radius 1 is 1.44 bits per heavy atom. The molecular formula is C13H13F2I. The molecule has 3 heteroatoms. The Morgan fingerprint density at radius 3 is 2.62 bits per heavy atom. The number of halogens is 3. The summed E-state index contributed by atoms with van der Waals surface area (Å²) in [5, 5.41) is 0. The van der Waals surface area contributed by atoms with Crippen LogP contribution in [-0.2, 0) is 0 Å². The summed E-state index contributed by atoms with van der Waals surface area (Å²) < 4.78 is 26.3. The van der Waals surface area contributed by atoms with E-state index in [0.717, 1.165) is 14.7 Å². The quantitative estimate of drug-likeness (QED) is 0.549. The van der Waals surface area contributed by atoms with E-state index in [9.17, 15) is 8.78 Å². The van der Waals surface area contributed by atoms with Gasteiger partial charge < -0.3 is 0 Å². The van der Waals surface area contributed by atoms with E-state index in [2.05, 4.69) is 22.6 Å². The van der Waals surface area contributed by atoms with Crippen molar-refractivity contribution >= 4 is 28.2 Å². The van der Waals surface area contributed by atoms with E-state index in [1.54, 1.807) is 0 Å². The van der Waals surface area contributed by atoms with Gasteiger partial charge in [0.2, 0.25) is 0 Å². The molecule has 0 aromatic heterocycles. The minimum absolute atomic E-state index is 0.324. The highest BCUT2D eigenvalue weighted by atomic mass is 127. The van der Waals surface area contributed by atoms with Gasteiger partial charge >= 0.3 is 0 Å². The highest BCUT2D eigenvalue weighted by molar-refractivity contribution is 14.1. The summed E-state index contributed by atoms with van der Waals surface area (Å²) in [7, 11) is 0. The Hall–Kier alpha value is -0.710. The van der Waals surface area contributed by atoms with Crippen molar-refractivity contribution in [3.05, 3.63) is 50.9 Å². The minimum Gasteiger partial charge on any atom is -0.247 e. The van der Waals surface area contributed by atoms with Crippen molar-refractivity contribution in [2.75, 3.05) is 6.67 Å². The molecule has 0 amide bonds. The van der Waals surface area contributed by atoms with Gasteiger partial charge in [0.25, 0.3) is 0 Å². The SMILES string of the molecule is C/C(F)=C\C(=C/CF)c1ccc(C)c(I)c1. The fourth-order valence-electron chi connectivity index (χ4n) is 1.33. The predicted molar refractivity (Wildman–Crippen MR) is 72.7 cm³/mol. The van der Waals surface area contributed by atoms with Gasteiger partial charge in [-0.1, -0.05) is 12.1 Å². The van der Waals surface area contributed by atoms with Crippen LogP contribution in [0.3, 0.4) is 0 Å². The zero-order valence-corrected chi connectivity index (χ0v) is 11.4. The number of rotatable bonds is 3. The van der Waals surface area contributed by atoms with Crippen molar-refractivity contribution in [2.45, 2.75) is 13.8 Å². The van der Waals surface area contributed by atoms with Gasteiger partial charge in [-0.15, -0.1) is 0 Å². The lowest BCUT2D eigenvalue weighted by Crippen LogP contribution is -1.87. The maximum Gasteiger partial charge on any atom is 0.108 e. The molecule has 0 aliphatic rings. The molecule has 16 heavy (non-hydrogen) atoms. The summed E-state index contributed by atoms with van der Waals surface area (Å²) in [6.45, 7) is 2.76. The van der Waals surface area contributed by atoms with Gasteiger partial charge in [-0.05, 0) is 71.4 Å². The third-order valence-electron chi connectivity index (χ3n) is 2.16. The molecule has 0 bridgehead atoms. The highest BCUT2D eigenvalue weighted by Crippen LogP contribution is 2.22. The van der Waals surface area contributed by atoms with Crippen molar-refractivity contribution in [2.24, 2.45) is 0 Å². The second-order valence-electron chi connectivity index (χ2n) is 3.51. The number of allylic oxidation sites excluding steroid dienone is 4. The van der Waals surface area contributed by atoms with Gasteiger partial charge in [-0.25, -0.2) is 8.78 Å².